The van der Waals surface area contributed by atoms with Gasteiger partial charge in [0.15, 0.2) is 0 Å². The summed E-state index contributed by atoms with van der Waals surface area (Å²) >= 11 is 0. The molecule has 4 heteroatoms. The van der Waals surface area contributed by atoms with Crippen LogP contribution < -0.4 is 11.1 Å². The van der Waals surface area contributed by atoms with Gasteiger partial charge in [-0.05, 0) is 43.9 Å². The molecule has 0 bridgehead atoms. The zero-order chi connectivity index (χ0) is 15.1. The summed E-state index contributed by atoms with van der Waals surface area (Å²) in [6.45, 7) is 3.23. The lowest BCUT2D eigenvalue weighted by Crippen LogP contribution is -2.27. The van der Waals surface area contributed by atoms with Gasteiger partial charge in [-0.2, -0.15) is 0 Å². The van der Waals surface area contributed by atoms with Gasteiger partial charge in [0.1, 0.15) is 0 Å². The lowest BCUT2D eigenvalue weighted by molar-refractivity contribution is 0.0273. The SMILES string of the molecule is Cc1c(N)cccc1C(=O)NCCCOC1CCCCC1. The summed E-state index contributed by atoms with van der Waals surface area (Å²) in [6, 6.07) is 5.42. The number of hydrogen-bond acceptors (Lipinski definition) is 3. The van der Waals surface area contributed by atoms with Crippen LogP contribution in [-0.2, 0) is 4.74 Å². The van der Waals surface area contributed by atoms with Crippen molar-refractivity contribution in [2.45, 2.75) is 51.6 Å². The standard InChI is InChI=1S/C17H26N2O2/c1-13-15(9-5-10-16(13)18)17(20)19-11-6-12-21-14-7-3-2-4-8-14/h5,9-10,14H,2-4,6-8,11-12,18H2,1H3,(H,19,20). The van der Waals surface area contributed by atoms with Crippen LogP contribution in [0.3, 0.4) is 0 Å². The summed E-state index contributed by atoms with van der Waals surface area (Å²) in [4.78, 5) is 12.1. The van der Waals surface area contributed by atoms with Gasteiger partial charge in [-0.25, -0.2) is 0 Å². The minimum atomic E-state index is -0.0579. The first-order chi connectivity index (χ1) is 10.2. The van der Waals surface area contributed by atoms with E-state index >= 15 is 0 Å². The Morgan fingerprint density at radius 3 is 2.86 bits per heavy atom. The van der Waals surface area contributed by atoms with Gasteiger partial charge in [0, 0.05) is 24.4 Å². The highest BCUT2D eigenvalue weighted by Crippen LogP contribution is 2.20. The first-order valence-electron chi connectivity index (χ1n) is 7.93. The number of amides is 1. The number of nitrogens with two attached hydrogens (primary N) is 1. The van der Waals surface area contributed by atoms with Crippen molar-refractivity contribution in [2.75, 3.05) is 18.9 Å². The number of benzene rings is 1. The number of nitrogen functional groups attached to an aromatic ring is 1. The maximum absolute atomic E-state index is 12.1. The van der Waals surface area contributed by atoms with E-state index in [1.807, 2.05) is 19.1 Å². The summed E-state index contributed by atoms with van der Waals surface area (Å²) < 4.78 is 5.84. The molecular weight excluding hydrogens is 264 g/mol. The molecule has 1 aromatic carbocycles. The van der Waals surface area contributed by atoms with Crippen LogP contribution in [0.4, 0.5) is 5.69 Å². The zero-order valence-corrected chi connectivity index (χ0v) is 12.9. The van der Waals surface area contributed by atoms with Crippen molar-refractivity contribution in [3.05, 3.63) is 29.3 Å². The molecule has 1 fully saturated rings. The second kappa shape index (κ2) is 8.03. The molecule has 1 amide bonds. The highest BCUT2D eigenvalue weighted by atomic mass is 16.5. The molecule has 0 heterocycles. The largest absolute Gasteiger partial charge is 0.398 e. The van der Waals surface area contributed by atoms with Crippen molar-refractivity contribution in [3.63, 3.8) is 0 Å². The molecule has 116 valence electrons. The predicted octanol–water partition coefficient (Wildman–Crippen LogP) is 3.05. The Morgan fingerprint density at radius 1 is 1.33 bits per heavy atom. The van der Waals surface area contributed by atoms with Crippen LogP contribution in [0, 0.1) is 6.92 Å². The van der Waals surface area contributed by atoms with Gasteiger partial charge in [0.25, 0.3) is 5.91 Å². The second-order valence-electron chi connectivity index (χ2n) is 5.76. The van der Waals surface area contributed by atoms with E-state index in [0.717, 1.165) is 18.6 Å². The van der Waals surface area contributed by atoms with Gasteiger partial charge in [-0.3, -0.25) is 4.79 Å². The van der Waals surface area contributed by atoms with E-state index in [0.29, 0.717) is 23.9 Å². The third-order valence-electron chi connectivity index (χ3n) is 4.13. The van der Waals surface area contributed by atoms with Gasteiger partial charge in [0.2, 0.25) is 0 Å². The number of carbonyl (C=O) groups excluding carboxylic acids is 1. The van der Waals surface area contributed by atoms with Gasteiger partial charge in [0.05, 0.1) is 6.10 Å². The fraction of sp³-hybridized carbons (Fsp3) is 0.588. The van der Waals surface area contributed by atoms with Crippen LogP contribution in [0.1, 0.15) is 54.4 Å². The molecule has 1 aliphatic rings. The summed E-state index contributed by atoms with van der Waals surface area (Å²) in [5.41, 5.74) is 7.97. The van der Waals surface area contributed by atoms with Crippen molar-refractivity contribution < 1.29 is 9.53 Å². The summed E-state index contributed by atoms with van der Waals surface area (Å²) in [5, 5.41) is 2.93. The van der Waals surface area contributed by atoms with Gasteiger partial charge >= 0.3 is 0 Å². The Bertz CT molecular complexity index is 468. The number of rotatable bonds is 6. The van der Waals surface area contributed by atoms with E-state index in [9.17, 15) is 4.79 Å². The molecule has 0 saturated heterocycles. The molecule has 1 aromatic rings. The number of nitrogens with one attached hydrogen (secondary N) is 1. The molecule has 0 radical (unpaired) electrons. The maximum atomic E-state index is 12.1. The summed E-state index contributed by atoms with van der Waals surface area (Å²) in [7, 11) is 0. The smallest absolute Gasteiger partial charge is 0.251 e. The van der Waals surface area contributed by atoms with Gasteiger partial charge in [-0.15, -0.1) is 0 Å². The monoisotopic (exact) mass is 290 g/mol. The van der Waals surface area contributed by atoms with E-state index < -0.39 is 0 Å². The van der Waals surface area contributed by atoms with Crippen molar-refractivity contribution in [1.82, 2.24) is 5.32 Å². The summed E-state index contributed by atoms with van der Waals surface area (Å²) in [5.74, 6) is -0.0579. The Balaban J connectivity index is 1.66. The first kappa shape index (κ1) is 15.8. The molecule has 2 rings (SSSR count). The Morgan fingerprint density at radius 2 is 2.10 bits per heavy atom. The Hall–Kier alpha value is -1.55. The van der Waals surface area contributed by atoms with Crippen LogP contribution in [0.15, 0.2) is 18.2 Å². The maximum Gasteiger partial charge on any atom is 0.251 e. The number of ether oxygens (including phenoxy) is 1. The van der Waals surface area contributed by atoms with Crippen LogP contribution >= 0.6 is 0 Å². The molecule has 0 aromatic heterocycles. The van der Waals surface area contributed by atoms with Crippen LogP contribution in [0.25, 0.3) is 0 Å². The third kappa shape index (κ3) is 4.74. The zero-order valence-electron chi connectivity index (χ0n) is 12.9. The molecule has 1 aliphatic carbocycles. The Labute approximate surface area is 127 Å². The Kier molecular flexibility index (Phi) is 6.05. The van der Waals surface area contributed by atoms with Gasteiger partial charge < -0.3 is 15.8 Å². The van der Waals surface area contributed by atoms with E-state index in [2.05, 4.69) is 5.32 Å². The molecule has 0 spiro atoms. The molecule has 4 nitrogen and oxygen atoms in total. The van der Waals surface area contributed by atoms with Crippen LogP contribution in [0.5, 0.6) is 0 Å². The highest BCUT2D eigenvalue weighted by Gasteiger charge is 2.13. The fourth-order valence-corrected chi connectivity index (χ4v) is 2.75. The van der Waals surface area contributed by atoms with Crippen molar-refractivity contribution in [3.8, 4) is 0 Å². The third-order valence-corrected chi connectivity index (χ3v) is 4.13. The number of hydrogen-bond donors (Lipinski definition) is 2. The van der Waals surface area contributed by atoms with Gasteiger partial charge in [-0.1, -0.05) is 25.3 Å². The van der Waals surface area contributed by atoms with E-state index in [4.69, 9.17) is 10.5 Å². The molecular formula is C17H26N2O2. The molecule has 1 saturated carbocycles. The molecule has 0 atom stereocenters. The van der Waals surface area contributed by atoms with Crippen molar-refractivity contribution >= 4 is 11.6 Å². The summed E-state index contributed by atoms with van der Waals surface area (Å²) in [6.07, 6.45) is 7.58. The lowest BCUT2D eigenvalue weighted by Gasteiger charge is -2.21. The average Bonchev–Trinajstić information content (AvgIpc) is 2.50. The normalized spacial score (nSPS) is 15.9. The topological polar surface area (TPSA) is 64.4 Å². The highest BCUT2D eigenvalue weighted by molar-refractivity contribution is 5.96. The number of carbonyl (C=O) groups is 1. The predicted molar refractivity (Wildman–Crippen MR) is 85.4 cm³/mol. The van der Waals surface area contributed by atoms with E-state index in [1.54, 1.807) is 6.07 Å². The molecule has 0 unspecified atom stereocenters. The number of anilines is 1. The molecule has 21 heavy (non-hydrogen) atoms. The minimum Gasteiger partial charge on any atom is -0.398 e. The van der Waals surface area contributed by atoms with Crippen molar-refractivity contribution in [1.29, 1.82) is 0 Å². The molecule has 3 N–H and O–H groups in total. The van der Waals surface area contributed by atoms with E-state index in [-0.39, 0.29) is 5.91 Å². The molecule has 0 aliphatic heterocycles. The lowest BCUT2D eigenvalue weighted by atomic mass is 9.98. The van der Waals surface area contributed by atoms with E-state index in [1.165, 1.54) is 32.1 Å². The average molecular weight is 290 g/mol. The minimum absolute atomic E-state index is 0.0579. The van der Waals surface area contributed by atoms with Crippen molar-refractivity contribution in [2.24, 2.45) is 0 Å². The van der Waals surface area contributed by atoms with Crippen LogP contribution in [-0.4, -0.2) is 25.2 Å². The quantitative estimate of drug-likeness (QED) is 0.625. The fourth-order valence-electron chi connectivity index (χ4n) is 2.75. The first-order valence-corrected chi connectivity index (χ1v) is 7.93. The van der Waals surface area contributed by atoms with Crippen LogP contribution in [0.2, 0.25) is 0 Å². The second-order valence-corrected chi connectivity index (χ2v) is 5.76.